The van der Waals surface area contributed by atoms with Crippen molar-refractivity contribution in [2.75, 3.05) is 13.1 Å². The molecule has 0 saturated carbocycles. The van der Waals surface area contributed by atoms with Crippen molar-refractivity contribution < 1.29 is 8.42 Å². The Balaban J connectivity index is 2.22. The molecule has 0 amide bonds. The summed E-state index contributed by atoms with van der Waals surface area (Å²) < 4.78 is 26.9. The second-order valence-electron chi connectivity index (χ2n) is 4.11. The molecule has 1 aromatic heterocycles. The number of rotatable bonds is 3. The summed E-state index contributed by atoms with van der Waals surface area (Å²) in [5, 5.41) is 11.9. The molecule has 2 N–H and O–H groups in total. The molecule has 1 aliphatic rings. The summed E-state index contributed by atoms with van der Waals surface area (Å²) in [6, 6.07) is 4.74. The minimum absolute atomic E-state index is 0.0685. The predicted molar refractivity (Wildman–Crippen MR) is 65.2 cm³/mol. The van der Waals surface area contributed by atoms with Gasteiger partial charge in [0.2, 0.25) is 0 Å². The van der Waals surface area contributed by atoms with Gasteiger partial charge in [-0.1, -0.05) is 0 Å². The van der Waals surface area contributed by atoms with Crippen LogP contribution in [0.3, 0.4) is 0 Å². The van der Waals surface area contributed by atoms with Crippen molar-refractivity contribution in [2.24, 2.45) is 0 Å². The third-order valence-electron chi connectivity index (χ3n) is 2.81. The molecule has 2 rings (SSSR count). The van der Waals surface area contributed by atoms with E-state index in [4.69, 9.17) is 5.26 Å². The van der Waals surface area contributed by atoms with Crippen LogP contribution in [0.5, 0.6) is 0 Å². The van der Waals surface area contributed by atoms with Crippen LogP contribution in [0.2, 0.25) is 0 Å². The zero-order chi connectivity index (χ0) is 13.0. The lowest BCUT2D eigenvalue weighted by atomic mass is 10.1. The first kappa shape index (κ1) is 13.0. The molecule has 0 spiro atoms. The first-order valence-corrected chi connectivity index (χ1v) is 7.20. The van der Waals surface area contributed by atoms with E-state index in [9.17, 15) is 8.42 Å². The van der Waals surface area contributed by atoms with Gasteiger partial charge in [0.25, 0.3) is 10.0 Å². The Hall–Kier alpha value is -1.49. The fraction of sp³-hybridized carbons (Fsp3) is 0.455. The fourth-order valence-electron chi connectivity index (χ4n) is 1.91. The van der Waals surface area contributed by atoms with Crippen molar-refractivity contribution in [3.8, 4) is 6.07 Å². The van der Waals surface area contributed by atoms with Gasteiger partial charge in [0.05, 0.1) is 5.56 Å². The molecule has 1 saturated heterocycles. The Morgan fingerprint density at radius 1 is 1.44 bits per heavy atom. The summed E-state index contributed by atoms with van der Waals surface area (Å²) in [5.74, 6) is 0. The highest BCUT2D eigenvalue weighted by Crippen LogP contribution is 2.13. The Morgan fingerprint density at radius 3 is 2.83 bits per heavy atom. The molecule has 0 radical (unpaired) electrons. The van der Waals surface area contributed by atoms with E-state index in [0.717, 1.165) is 25.9 Å². The maximum absolute atomic E-state index is 12.1. The first-order valence-electron chi connectivity index (χ1n) is 5.71. The summed E-state index contributed by atoms with van der Waals surface area (Å²) >= 11 is 0. The molecule has 7 heteroatoms. The lowest BCUT2D eigenvalue weighted by Gasteiger charge is -2.23. The van der Waals surface area contributed by atoms with Crippen LogP contribution in [0.15, 0.2) is 23.4 Å². The van der Waals surface area contributed by atoms with E-state index in [1.54, 1.807) is 6.07 Å². The number of nitrogens with one attached hydrogen (secondary N) is 2. The smallest absolute Gasteiger partial charge is 0.259 e. The van der Waals surface area contributed by atoms with Gasteiger partial charge in [-0.25, -0.2) is 18.1 Å². The van der Waals surface area contributed by atoms with Crippen LogP contribution in [0, 0.1) is 11.3 Å². The highest BCUT2D eigenvalue weighted by atomic mass is 32.2. The first-order chi connectivity index (χ1) is 8.63. The minimum Gasteiger partial charge on any atom is -0.317 e. The minimum atomic E-state index is -3.71. The number of hydrogen-bond acceptors (Lipinski definition) is 5. The topological polar surface area (TPSA) is 94.9 Å². The lowest BCUT2D eigenvalue weighted by Crippen LogP contribution is -2.43. The van der Waals surface area contributed by atoms with Crippen molar-refractivity contribution in [1.29, 1.82) is 5.26 Å². The number of hydrogen-bond donors (Lipinski definition) is 2. The molecule has 0 bridgehead atoms. The number of nitriles is 1. The average molecular weight is 266 g/mol. The van der Waals surface area contributed by atoms with Crippen molar-refractivity contribution >= 4 is 10.0 Å². The molecule has 0 aliphatic carbocycles. The summed E-state index contributed by atoms with van der Waals surface area (Å²) in [6.07, 6.45) is 2.86. The molecule has 0 aromatic carbocycles. The molecule has 2 heterocycles. The van der Waals surface area contributed by atoms with Gasteiger partial charge in [0.15, 0.2) is 5.03 Å². The number of pyridine rings is 1. The lowest BCUT2D eigenvalue weighted by molar-refractivity contribution is 0.426. The van der Waals surface area contributed by atoms with Gasteiger partial charge in [-0.2, -0.15) is 5.26 Å². The molecule has 6 nitrogen and oxygen atoms in total. The van der Waals surface area contributed by atoms with Gasteiger partial charge in [-0.3, -0.25) is 0 Å². The van der Waals surface area contributed by atoms with Crippen LogP contribution in [0.1, 0.15) is 18.4 Å². The molecule has 0 atom stereocenters. The largest absolute Gasteiger partial charge is 0.317 e. The van der Waals surface area contributed by atoms with Crippen LogP contribution in [0.25, 0.3) is 0 Å². The standard InChI is InChI=1S/C11H14N4O2S/c12-8-9-2-1-5-14-11(9)18(16,17)15-10-3-6-13-7-4-10/h1-2,5,10,13,15H,3-4,6-7H2. The summed E-state index contributed by atoms with van der Waals surface area (Å²) in [4.78, 5) is 3.80. The Labute approximate surface area is 106 Å². The van der Waals surface area contributed by atoms with E-state index in [1.807, 2.05) is 6.07 Å². The van der Waals surface area contributed by atoms with E-state index in [2.05, 4.69) is 15.0 Å². The average Bonchev–Trinajstić information content (AvgIpc) is 2.39. The zero-order valence-corrected chi connectivity index (χ0v) is 10.6. The molecule has 96 valence electrons. The monoisotopic (exact) mass is 266 g/mol. The van der Waals surface area contributed by atoms with Crippen LogP contribution < -0.4 is 10.0 Å². The van der Waals surface area contributed by atoms with Crippen molar-refractivity contribution in [2.45, 2.75) is 23.9 Å². The van der Waals surface area contributed by atoms with E-state index in [-0.39, 0.29) is 16.6 Å². The van der Waals surface area contributed by atoms with E-state index >= 15 is 0 Å². The summed E-state index contributed by atoms with van der Waals surface area (Å²) in [6.45, 7) is 1.58. The van der Waals surface area contributed by atoms with Gasteiger partial charge in [-0.15, -0.1) is 0 Å². The third kappa shape index (κ3) is 2.85. The van der Waals surface area contributed by atoms with Gasteiger partial charge >= 0.3 is 0 Å². The molecule has 1 aliphatic heterocycles. The predicted octanol–water partition coefficient (Wildman–Crippen LogP) is -0.0164. The SMILES string of the molecule is N#Cc1cccnc1S(=O)(=O)NC1CCNCC1. The second-order valence-corrected chi connectivity index (χ2v) is 5.74. The number of aromatic nitrogens is 1. The number of nitrogens with zero attached hydrogens (tertiary/aromatic N) is 2. The molecule has 1 aromatic rings. The number of piperidine rings is 1. The van der Waals surface area contributed by atoms with Crippen molar-refractivity contribution in [3.63, 3.8) is 0 Å². The van der Waals surface area contributed by atoms with E-state index in [1.165, 1.54) is 12.3 Å². The van der Waals surface area contributed by atoms with Gasteiger partial charge in [-0.05, 0) is 38.1 Å². The molecular weight excluding hydrogens is 252 g/mol. The number of sulfonamides is 1. The Morgan fingerprint density at radius 2 is 2.17 bits per heavy atom. The Kier molecular flexibility index (Phi) is 3.91. The van der Waals surface area contributed by atoms with Crippen LogP contribution in [-0.2, 0) is 10.0 Å². The van der Waals surface area contributed by atoms with E-state index < -0.39 is 10.0 Å². The summed E-state index contributed by atoms with van der Waals surface area (Å²) in [5.41, 5.74) is 0.0685. The Bertz CT molecular complexity index is 559. The summed E-state index contributed by atoms with van der Waals surface area (Å²) in [7, 11) is -3.71. The molecule has 1 fully saturated rings. The van der Waals surface area contributed by atoms with Gasteiger partial charge in [0.1, 0.15) is 6.07 Å². The van der Waals surface area contributed by atoms with Crippen molar-refractivity contribution in [3.05, 3.63) is 23.9 Å². The van der Waals surface area contributed by atoms with E-state index in [0.29, 0.717) is 0 Å². The maximum Gasteiger partial charge on any atom is 0.259 e. The van der Waals surface area contributed by atoms with Crippen LogP contribution >= 0.6 is 0 Å². The zero-order valence-electron chi connectivity index (χ0n) is 9.76. The second kappa shape index (κ2) is 5.44. The quantitative estimate of drug-likeness (QED) is 0.802. The van der Waals surface area contributed by atoms with Crippen LogP contribution in [-0.4, -0.2) is 32.5 Å². The highest BCUT2D eigenvalue weighted by molar-refractivity contribution is 7.89. The normalized spacial score (nSPS) is 17.3. The molecule has 18 heavy (non-hydrogen) atoms. The molecule has 0 unspecified atom stereocenters. The van der Waals surface area contributed by atoms with Crippen molar-refractivity contribution in [1.82, 2.24) is 15.0 Å². The van der Waals surface area contributed by atoms with Gasteiger partial charge < -0.3 is 5.32 Å². The maximum atomic E-state index is 12.1. The third-order valence-corrected chi connectivity index (χ3v) is 4.29. The highest BCUT2D eigenvalue weighted by Gasteiger charge is 2.24. The molecular formula is C11H14N4O2S. The van der Waals surface area contributed by atoms with Gasteiger partial charge in [0, 0.05) is 12.2 Å². The fourth-order valence-corrected chi connectivity index (χ4v) is 3.29. The van der Waals surface area contributed by atoms with Crippen LogP contribution in [0.4, 0.5) is 0 Å².